The molecule has 26 heavy (non-hydrogen) atoms. The Bertz CT molecular complexity index is 660. The molecule has 0 radical (unpaired) electrons. The molecule has 5 nitrogen and oxygen atoms in total. The first-order chi connectivity index (χ1) is 12.7. The van der Waals surface area contributed by atoms with E-state index in [-0.39, 0.29) is 0 Å². The number of aliphatic carboxylic acids is 1. The Morgan fingerprint density at radius 1 is 1.08 bits per heavy atom. The monoisotopic (exact) mass is 357 g/mol. The van der Waals surface area contributed by atoms with Crippen molar-refractivity contribution >= 4 is 5.97 Å². The van der Waals surface area contributed by atoms with Gasteiger partial charge in [-0.15, -0.1) is 0 Å². The molecule has 0 fully saturated rings. The van der Waals surface area contributed by atoms with Crippen LogP contribution in [-0.4, -0.2) is 36.9 Å². The zero-order valence-corrected chi connectivity index (χ0v) is 15.2. The van der Waals surface area contributed by atoms with E-state index in [9.17, 15) is 4.79 Å². The normalized spacial score (nSPS) is 11.7. The van der Waals surface area contributed by atoms with Gasteiger partial charge in [0.05, 0.1) is 6.61 Å². The molecule has 140 valence electrons. The molecule has 0 aliphatic rings. The summed E-state index contributed by atoms with van der Waals surface area (Å²) in [6, 6.07) is 17.4. The van der Waals surface area contributed by atoms with Crippen LogP contribution in [0.4, 0.5) is 0 Å². The van der Waals surface area contributed by atoms with Crippen LogP contribution in [-0.2, 0) is 11.2 Å². The predicted molar refractivity (Wildman–Crippen MR) is 102 cm³/mol. The summed E-state index contributed by atoms with van der Waals surface area (Å²) < 4.78 is 11.2. The lowest BCUT2D eigenvalue weighted by atomic mass is 10.1. The lowest BCUT2D eigenvalue weighted by molar-refractivity contribution is -0.145. The van der Waals surface area contributed by atoms with Crippen LogP contribution in [0.1, 0.15) is 25.3 Å². The van der Waals surface area contributed by atoms with E-state index < -0.39 is 12.1 Å². The van der Waals surface area contributed by atoms with Crippen LogP contribution in [0, 0.1) is 0 Å². The van der Waals surface area contributed by atoms with E-state index in [0.29, 0.717) is 18.8 Å². The molecule has 1 unspecified atom stereocenters. The summed E-state index contributed by atoms with van der Waals surface area (Å²) in [7, 11) is 0. The minimum absolute atomic E-state index is 0.437. The highest BCUT2D eigenvalue weighted by molar-refractivity contribution is 5.72. The number of carbonyl (C=O) groups is 1. The van der Waals surface area contributed by atoms with E-state index >= 15 is 0 Å². The average Bonchev–Trinajstić information content (AvgIpc) is 2.66. The van der Waals surface area contributed by atoms with Crippen LogP contribution in [0.5, 0.6) is 11.5 Å². The average molecular weight is 357 g/mol. The number of ether oxygens (including phenoxy) is 2. The number of hydrogen-bond acceptors (Lipinski definition) is 4. The van der Waals surface area contributed by atoms with Crippen molar-refractivity contribution in [3.05, 3.63) is 60.2 Å². The highest BCUT2D eigenvalue weighted by Gasteiger charge is 2.16. The van der Waals surface area contributed by atoms with Gasteiger partial charge in [-0.25, -0.2) is 4.79 Å². The molecular weight excluding hydrogens is 330 g/mol. The number of rotatable bonds is 12. The summed E-state index contributed by atoms with van der Waals surface area (Å²) >= 11 is 0. The molecule has 1 atom stereocenters. The third-order valence-corrected chi connectivity index (χ3v) is 3.92. The van der Waals surface area contributed by atoms with Crippen molar-refractivity contribution in [3.63, 3.8) is 0 Å². The first kappa shape index (κ1) is 19.8. The summed E-state index contributed by atoms with van der Waals surface area (Å²) in [5.74, 6) is 0.571. The summed E-state index contributed by atoms with van der Waals surface area (Å²) in [4.78, 5) is 11.1. The Morgan fingerprint density at radius 3 is 2.58 bits per heavy atom. The number of carboxylic acids is 1. The first-order valence-electron chi connectivity index (χ1n) is 9.06. The minimum atomic E-state index is -0.933. The summed E-state index contributed by atoms with van der Waals surface area (Å²) in [6.07, 6.45) is 1.44. The van der Waals surface area contributed by atoms with Crippen LogP contribution in [0.15, 0.2) is 54.6 Å². The molecule has 0 amide bonds. The summed E-state index contributed by atoms with van der Waals surface area (Å²) in [6.45, 7) is 4.23. The van der Waals surface area contributed by atoms with Crippen LogP contribution in [0.3, 0.4) is 0 Å². The van der Waals surface area contributed by atoms with E-state index in [1.165, 1.54) is 0 Å². The van der Waals surface area contributed by atoms with E-state index in [2.05, 4.69) is 5.32 Å². The Morgan fingerprint density at radius 2 is 1.85 bits per heavy atom. The number of benzene rings is 2. The van der Waals surface area contributed by atoms with E-state index in [1.54, 1.807) is 13.0 Å². The van der Waals surface area contributed by atoms with Gasteiger partial charge >= 0.3 is 5.97 Å². The second-order valence-electron chi connectivity index (χ2n) is 6.02. The molecule has 0 aliphatic carbocycles. The number of para-hydroxylation sites is 1. The fourth-order valence-corrected chi connectivity index (χ4v) is 2.51. The van der Waals surface area contributed by atoms with Gasteiger partial charge in [0.2, 0.25) is 0 Å². The quantitative estimate of drug-likeness (QED) is 0.569. The molecule has 0 bridgehead atoms. The second kappa shape index (κ2) is 11.2. The molecule has 2 N–H and O–H groups in total. The molecule has 0 saturated carbocycles. The van der Waals surface area contributed by atoms with Crippen molar-refractivity contribution in [1.29, 1.82) is 0 Å². The van der Waals surface area contributed by atoms with Crippen molar-refractivity contribution in [1.82, 2.24) is 5.32 Å². The van der Waals surface area contributed by atoms with Gasteiger partial charge in [0.1, 0.15) is 11.5 Å². The summed E-state index contributed by atoms with van der Waals surface area (Å²) in [5.41, 5.74) is 1.12. The Hall–Kier alpha value is -2.53. The van der Waals surface area contributed by atoms with Crippen LogP contribution >= 0.6 is 0 Å². The molecule has 5 heteroatoms. The van der Waals surface area contributed by atoms with Gasteiger partial charge in [-0.2, -0.15) is 0 Å². The fourth-order valence-electron chi connectivity index (χ4n) is 2.51. The molecule has 0 spiro atoms. The lowest BCUT2D eigenvalue weighted by Gasteiger charge is -2.14. The highest BCUT2D eigenvalue weighted by Crippen LogP contribution is 2.16. The lowest BCUT2D eigenvalue weighted by Crippen LogP contribution is -2.26. The maximum atomic E-state index is 11.1. The summed E-state index contributed by atoms with van der Waals surface area (Å²) in [5, 5.41) is 12.5. The molecule has 0 heterocycles. The predicted octanol–water partition coefficient (Wildman–Crippen LogP) is 3.53. The third-order valence-electron chi connectivity index (χ3n) is 3.92. The third kappa shape index (κ3) is 7.15. The zero-order chi connectivity index (χ0) is 18.6. The van der Waals surface area contributed by atoms with Gasteiger partial charge in [0.15, 0.2) is 6.10 Å². The number of hydrogen-bond donors (Lipinski definition) is 2. The molecule has 2 aromatic carbocycles. The maximum Gasteiger partial charge on any atom is 0.344 e. The molecular formula is C21H27NO4. The molecule has 2 rings (SSSR count). The Kier molecular flexibility index (Phi) is 8.49. The highest BCUT2D eigenvalue weighted by atomic mass is 16.5. The largest absolute Gasteiger partial charge is 0.494 e. The Labute approximate surface area is 155 Å². The van der Waals surface area contributed by atoms with E-state index in [0.717, 1.165) is 37.2 Å². The van der Waals surface area contributed by atoms with Gasteiger partial charge in [0.25, 0.3) is 0 Å². The fraction of sp³-hybridized carbons (Fsp3) is 0.381. The number of nitrogens with one attached hydrogen (secondary N) is 1. The first-order valence-corrected chi connectivity index (χ1v) is 9.06. The van der Waals surface area contributed by atoms with E-state index in [4.69, 9.17) is 14.6 Å². The smallest absolute Gasteiger partial charge is 0.344 e. The number of carboxylic acid groups (broad SMARTS) is 1. The van der Waals surface area contributed by atoms with Crippen molar-refractivity contribution in [2.75, 3.05) is 19.7 Å². The SMILES string of the molecule is CCC(Oc1cccc(CCNCCCOc2ccccc2)c1)C(=O)O. The van der Waals surface area contributed by atoms with Crippen LogP contribution < -0.4 is 14.8 Å². The molecule has 0 aliphatic heterocycles. The van der Waals surface area contributed by atoms with Crippen molar-refractivity contribution in [2.45, 2.75) is 32.3 Å². The van der Waals surface area contributed by atoms with Gasteiger partial charge < -0.3 is 19.9 Å². The van der Waals surface area contributed by atoms with Gasteiger partial charge in [-0.1, -0.05) is 37.3 Å². The molecule has 2 aromatic rings. The Balaban J connectivity index is 1.63. The van der Waals surface area contributed by atoms with Gasteiger partial charge in [-0.3, -0.25) is 0 Å². The van der Waals surface area contributed by atoms with Gasteiger partial charge in [0, 0.05) is 0 Å². The maximum absolute atomic E-state index is 11.1. The molecule has 0 aromatic heterocycles. The minimum Gasteiger partial charge on any atom is -0.494 e. The molecule has 0 saturated heterocycles. The van der Waals surface area contributed by atoms with Crippen LogP contribution in [0.25, 0.3) is 0 Å². The van der Waals surface area contributed by atoms with Crippen molar-refractivity contribution in [3.8, 4) is 11.5 Å². The van der Waals surface area contributed by atoms with Crippen molar-refractivity contribution < 1.29 is 19.4 Å². The second-order valence-corrected chi connectivity index (χ2v) is 6.02. The van der Waals surface area contributed by atoms with E-state index in [1.807, 2.05) is 48.5 Å². The van der Waals surface area contributed by atoms with Crippen LogP contribution in [0.2, 0.25) is 0 Å². The topological polar surface area (TPSA) is 67.8 Å². The standard InChI is InChI=1S/C21H27NO4/c1-2-20(21(23)24)26-19-11-6-8-17(16-19)12-14-22-13-7-15-25-18-9-4-3-5-10-18/h3-6,8-11,16,20,22H,2,7,12-15H2,1H3,(H,23,24). The zero-order valence-electron chi connectivity index (χ0n) is 15.2. The van der Waals surface area contributed by atoms with Gasteiger partial charge in [-0.05, 0) is 62.2 Å². The van der Waals surface area contributed by atoms with Crippen molar-refractivity contribution in [2.24, 2.45) is 0 Å².